The Morgan fingerprint density at radius 1 is 1.03 bits per heavy atom. The maximum absolute atomic E-state index is 14.0. The number of aromatic nitrogens is 3. The van der Waals surface area contributed by atoms with Crippen LogP contribution >= 0.6 is 22.9 Å². The predicted molar refractivity (Wildman–Crippen MR) is 154 cm³/mol. The lowest BCUT2D eigenvalue weighted by atomic mass is 9.95. The number of anilines is 1. The molecule has 0 radical (unpaired) electrons. The summed E-state index contributed by atoms with van der Waals surface area (Å²) in [6.45, 7) is 1.78. The van der Waals surface area contributed by atoms with Gasteiger partial charge in [-0.1, -0.05) is 89.7 Å². The van der Waals surface area contributed by atoms with Crippen LogP contribution in [0.2, 0.25) is 5.02 Å². The van der Waals surface area contributed by atoms with E-state index in [9.17, 15) is 9.59 Å². The number of para-hydroxylation sites is 1. The van der Waals surface area contributed by atoms with Crippen molar-refractivity contribution in [1.29, 1.82) is 0 Å². The van der Waals surface area contributed by atoms with Crippen LogP contribution in [0.4, 0.5) is 5.69 Å². The summed E-state index contributed by atoms with van der Waals surface area (Å²) in [7, 11) is 0. The van der Waals surface area contributed by atoms with E-state index in [-0.39, 0.29) is 11.5 Å². The molecule has 9 heteroatoms. The largest absolute Gasteiger partial charge is 0.322 e. The van der Waals surface area contributed by atoms with Crippen LogP contribution in [0.25, 0.3) is 17.3 Å². The minimum Gasteiger partial charge on any atom is -0.322 e. The molecule has 7 nitrogen and oxygen atoms in total. The molecule has 1 atom stereocenters. The number of rotatable bonds is 5. The molecule has 3 aromatic carbocycles. The summed E-state index contributed by atoms with van der Waals surface area (Å²) in [6, 6.07) is 25.5. The number of fused-ring (bicyclic) bond motifs is 1. The Kier molecular flexibility index (Phi) is 6.56. The summed E-state index contributed by atoms with van der Waals surface area (Å²) >= 11 is 7.92. The molecule has 0 aliphatic carbocycles. The van der Waals surface area contributed by atoms with Crippen molar-refractivity contribution < 1.29 is 4.79 Å². The SMILES string of the molecule is CC1=C(C(=O)Nc2ccccc2)C(c2ccccc2Cl)n2c(s/c(=C/c3cn[nH]c3-c3ccccc3)c2=O)=N1. The lowest BCUT2D eigenvalue weighted by Crippen LogP contribution is -2.40. The number of H-pyrrole nitrogens is 1. The van der Waals surface area contributed by atoms with Crippen LogP contribution < -0.4 is 20.2 Å². The number of hydrogen-bond acceptors (Lipinski definition) is 5. The van der Waals surface area contributed by atoms with E-state index in [0.29, 0.717) is 36.9 Å². The van der Waals surface area contributed by atoms with Crippen molar-refractivity contribution in [3.8, 4) is 11.3 Å². The van der Waals surface area contributed by atoms with E-state index in [1.54, 1.807) is 23.8 Å². The zero-order valence-electron chi connectivity index (χ0n) is 20.8. The van der Waals surface area contributed by atoms with Gasteiger partial charge >= 0.3 is 0 Å². The number of amides is 1. The van der Waals surface area contributed by atoms with Gasteiger partial charge in [-0.3, -0.25) is 19.3 Å². The number of halogens is 1. The first kappa shape index (κ1) is 24.8. The van der Waals surface area contributed by atoms with Crippen LogP contribution in [-0.4, -0.2) is 20.7 Å². The zero-order valence-corrected chi connectivity index (χ0v) is 22.3. The molecule has 0 saturated carbocycles. The summed E-state index contributed by atoms with van der Waals surface area (Å²) in [5.74, 6) is -0.345. The third kappa shape index (κ3) is 4.65. The Bertz CT molecular complexity index is 1910. The second-order valence-electron chi connectivity index (χ2n) is 8.99. The molecule has 192 valence electrons. The second kappa shape index (κ2) is 10.3. The molecule has 0 fully saturated rings. The first-order valence-corrected chi connectivity index (χ1v) is 13.4. The van der Waals surface area contributed by atoms with Gasteiger partial charge in [-0.25, -0.2) is 4.99 Å². The van der Waals surface area contributed by atoms with Crippen LogP contribution in [-0.2, 0) is 4.79 Å². The van der Waals surface area contributed by atoms with Gasteiger partial charge in [0, 0.05) is 21.8 Å². The smallest absolute Gasteiger partial charge is 0.271 e. The quantitative estimate of drug-likeness (QED) is 0.325. The zero-order chi connectivity index (χ0) is 26.9. The number of benzene rings is 3. The molecular formula is C30H22ClN5O2S. The van der Waals surface area contributed by atoms with Crippen LogP contribution in [0.1, 0.15) is 24.1 Å². The first-order chi connectivity index (χ1) is 19.0. The monoisotopic (exact) mass is 551 g/mol. The fourth-order valence-electron chi connectivity index (χ4n) is 4.71. The molecule has 1 unspecified atom stereocenters. The lowest BCUT2D eigenvalue weighted by molar-refractivity contribution is -0.113. The van der Waals surface area contributed by atoms with Gasteiger partial charge in [-0.15, -0.1) is 0 Å². The fraction of sp³-hybridized carbons (Fsp3) is 0.0667. The second-order valence-corrected chi connectivity index (χ2v) is 10.4. The maximum Gasteiger partial charge on any atom is 0.271 e. The number of thiazole rings is 1. The molecule has 39 heavy (non-hydrogen) atoms. The van der Waals surface area contributed by atoms with E-state index in [0.717, 1.165) is 16.8 Å². The van der Waals surface area contributed by atoms with Gasteiger partial charge in [0.2, 0.25) is 0 Å². The fourth-order valence-corrected chi connectivity index (χ4v) is 5.98. The predicted octanol–water partition coefficient (Wildman–Crippen LogP) is 4.92. The number of carbonyl (C=O) groups excluding carboxylic acids is 1. The Hall–Kier alpha value is -4.53. The normalized spacial score (nSPS) is 15.1. The molecule has 1 aliphatic heterocycles. The Labute approximate surface area is 232 Å². The van der Waals surface area contributed by atoms with Gasteiger partial charge in [0.1, 0.15) is 0 Å². The van der Waals surface area contributed by atoms with E-state index >= 15 is 0 Å². The van der Waals surface area contributed by atoms with Crippen molar-refractivity contribution in [2.24, 2.45) is 4.99 Å². The minimum absolute atomic E-state index is 0.263. The molecule has 2 aromatic heterocycles. The molecule has 6 rings (SSSR count). The van der Waals surface area contributed by atoms with E-state index in [1.807, 2.05) is 84.9 Å². The van der Waals surface area contributed by atoms with Gasteiger partial charge in [0.25, 0.3) is 11.5 Å². The van der Waals surface area contributed by atoms with Gasteiger partial charge in [0.05, 0.1) is 33.7 Å². The number of nitrogens with zero attached hydrogens (tertiary/aromatic N) is 3. The molecule has 0 saturated heterocycles. The highest BCUT2D eigenvalue weighted by Crippen LogP contribution is 2.34. The van der Waals surface area contributed by atoms with Gasteiger partial charge < -0.3 is 5.32 Å². The summed E-state index contributed by atoms with van der Waals surface area (Å²) < 4.78 is 2.04. The standard InChI is InChI=1S/C30H22ClN5O2S/c1-18-25(28(37)34-21-12-6-3-7-13-21)27(22-14-8-9-15-23(22)31)36-29(38)24(39-30(36)33-18)16-20-17-32-35-26(20)19-10-4-2-5-11-19/h2-17,27H,1H3,(H,32,35)(H,34,37)/b24-16+. The van der Waals surface area contributed by atoms with Crippen molar-refractivity contribution in [3.63, 3.8) is 0 Å². The molecule has 0 spiro atoms. The first-order valence-electron chi connectivity index (χ1n) is 12.2. The third-order valence-corrected chi connectivity index (χ3v) is 7.84. The van der Waals surface area contributed by atoms with E-state index in [4.69, 9.17) is 16.6 Å². The highest BCUT2D eigenvalue weighted by Gasteiger charge is 2.33. The van der Waals surface area contributed by atoms with Gasteiger partial charge in [-0.05, 0) is 36.8 Å². The number of aromatic amines is 1. The molecule has 1 aliphatic rings. The molecule has 1 amide bonds. The van der Waals surface area contributed by atoms with Crippen molar-refractivity contribution in [2.75, 3.05) is 5.32 Å². The molecule has 2 N–H and O–H groups in total. The summed E-state index contributed by atoms with van der Waals surface area (Å²) in [6.07, 6.45) is 3.50. The number of allylic oxidation sites excluding steroid dienone is 1. The summed E-state index contributed by atoms with van der Waals surface area (Å²) in [5.41, 5.74) is 4.45. The van der Waals surface area contributed by atoms with E-state index in [1.165, 1.54) is 11.3 Å². The Balaban J connectivity index is 1.51. The van der Waals surface area contributed by atoms with Crippen molar-refractivity contribution in [2.45, 2.75) is 13.0 Å². The van der Waals surface area contributed by atoms with Crippen LogP contribution in [0.3, 0.4) is 0 Å². The number of carbonyl (C=O) groups is 1. The third-order valence-electron chi connectivity index (χ3n) is 6.52. The topological polar surface area (TPSA) is 92.1 Å². The Morgan fingerprint density at radius 3 is 2.46 bits per heavy atom. The van der Waals surface area contributed by atoms with Gasteiger partial charge in [-0.2, -0.15) is 5.10 Å². The lowest BCUT2D eigenvalue weighted by Gasteiger charge is -2.26. The van der Waals surface area contributed by atoms with Crippen LogP contribution in [0, 0.1) is 0 Å². The minimum atomic E-state index is -0.751. The van der Waals surface area contributed by atoms with E-state index < -0.39 is 6.04 Å². The highest BCUT2D eigenvalue weighted by molar-refractivity contribution is 7.07. The van der Waals surface area contributed by atoms with Crippen molar-refractivity contribution in [3.05, 3.63) is 138 Å². The summed E-state index contributed by atoms with van der Waals surface area (Å²) in [4.78, 5) is 32.8. The Morgan fingerprint density at radius 2 is 1.72 bits per heavy atom. The van der Waals surface area contributed by atoms with Gasteiger partial charge in [0.15, 0.2) is 4.80 Å². The summed E-state index contributed by atoms with van der Waals surface area (Å²) in [5, 5.41) is 10.6. The van der Waals surface area contributed by atoms with Crippen molar-refractivity contribution >= 4 is 40.6 Å². The van der Waals surface area contributed by atoms with Crippen molar-refractivity contribution in [1.82, 2.24) is 14.8 Å². The molecular weight excluding hydrogens is 530 g/mol. The number of nitrogens with one attached hydrogen (secondary N) is 2. The van der Waals surface area contributed by atoms with E-state index in [2.05, 4.69) is 15.5 Å². The average molecular weight is 552 g/mol. The van der Waals surface area contributed by atoms with Crippen LogP contribution in [0.5, 0.6) is 0 Å². The molecule has 5 aromatic rings. The molecule has 0 bridgehead atoms. The average Bonchev–Trinajstić information content (AvgIpc) is 3.53. The highest BCUT2D eigenvalue weighted by atomic mass is 35.5. The number of hydrogen-bond donors (Lipinski definition) is 2. The maximum atomic E-state index is 14.0. The molecule has 3 heterocycles. The van der Waals surface area contributed by atoms with Crippen LogP contribution in [0.15, 0.2) is 112 Å².